The van der Waals surface area contributed by atoms with Crippen LogP contribution in [-0.2, 0) is 4.74 Å². The summed E-state index contributed by atoms with van der Waals surface area (Å²) < 4.78 is 7.78. The van der Waals surface area contributed by atoms with E-state index in [2.05, 4.69) is 54.8 Å². The lowest BCUT2D eigenvalue weighted by Gasteiger charge is -2.28. The summed E-state index contributed by atoms with van der Waals surface area (Å²) in [7, 11) is 0. The number of hydrogen-bond donors (Lipinski definition) is 1. The minimum absolute atomic E-state index is 0.411. The van der Waals surface area contributed by atoms with E-state index in [4.69, 9.17) is 10.5 Å². The molecule has 3 aromatic rings. The van der Waals surface area contributed by atoms with E-state index in [0.29, 0.717) is 11.9 Å². The Morgan fingerprint density at radius 3 is 2.62 bits per heavy atom. The van der Waals surface area contributed by atoms with Crippen molar-refractivity contribution >= 4 is 16.9 Å². The zero-order valence-electron chi connectivity index (χ0n) is 16.7. The molecule has 2 aliphatic heterocycles. The lowest BCUT2D eigenvalue weighted by atomic mass is 10.1. The van der Waals surface area contributed by atoms with Gasteiger partial charge in [0.25, 0.3) is 0 Å². The van der Waals surface area contributed by atoms with Crippen molar-refractivity contribution in [1.82, 2.24) is 24.3 Å². The number of nitrogens with two attached hydrogens (primary N) is 1. The lowest BCUT2D eigenvalue weighted by Crippen LogP contribution is -2.41. The maximum atomic E-state index is 6.27. The SMILES string of the molecule is Nc1ncnc2c1c(-c1ccccc1)cn2C1CCN(CCN2CCOCC2)C1. The molecule has 152 valence electrons. The Morgan fingerprint density at radius 2 is 1.79 bits per heavy atom. The molecule has 0 saturated carbocycles. The third-order valence-electron chi connectivity index (χ3n) is 6.20. The highest BCUT2D eigenvalue weighted by Gasteiger charge is 2.27. The monoisotopic (exact) mass is 392 g/mol. The van der Waals surface area contributed by atoms with Crippen LogP contribution in [0.15, 0.2) is 42.9 Å². The molecule has 7 heteroatoms. The summed E-state index contributed by atoms with van der Waals surface area (Å²) in [5.41, 5.74) is 9.48. The number of rotatable bonds is 5. The Labute approximate surface area is 171 Å². The van der Waals surface area contributed by atoms with Crippen LogP contribution in [0.5, 0.6) is 0 Å². The van der Waals surface area contributed by atoms with Gasteiger partial charge in [-0.15, -0.1) is 0 Å². The molecule has 0 radical (unpaired) electrons. The summed E-state index contributed by atoms with van der Waals surface area (Å²) in [4.78, 5) is 13.9. The molecule has 2 fully saturated rings. The Hall–Kier alpha value is -2.48. The molecule has 1 unspecified atom stereocenters. The molecule has 29 heavy (non-hydrogen) atoms. The molecule has 0 amide bonds. The Balaban J connectivity index is 1.37. The van der Waals surface area contributed by atoms with E-state index in [9.17, 15) is 0 Å². The van der Waals surface area contributed by atoms with Gasteiger partial charge in [-0.3, -0.25) is 9.80 Å². The number of aromatic nitrogens is 3. The van der Waals surface area contributed by atoms with Crippen molar-refractivity contribution in [2.75, 3.05) is 58.2 Å². The van der Waals surface area contributed by atoms with E-state index in [1.54, 1.807) is 6.33 Å². The second kappa shape index (κ2) is 8.10. The molecule has 1 aromatic carbocycles. The number of nitrogens with zero attached hydrogens (tertiary/aromatic N) is 5. The number of hydrogen-bond acceptors (Lipinski definition) is 6. The van der Waals surface area contributed by atoms with Gasteiger partial charge in [0, 0.05) is 57.1 Å². The maximum absolute atomic E-state index is 6.27. The summed E-state index contributed by atoms with van der Waals surface area (Å²) in [6.07, 6.45) is 4.93. The van der Waals surface area contributed by atoms with Crippen LogP contribution in [0.2, 0.25) is 0 Å². The zero-order chi connectivity index (χ0) is 19.6. The second-order valence-corrected chi connectivity index (χ2v) is 7.97. The maximum Gasteiger partial charge on any atom is 0.146 e. The Kier molecular flexibility index (Phi) is 5.18. The minimum atomic E-state index is 0.411. The zero-order valence-corrected chi connectivity index (χ0v) is 16.7. The Bertz CT molecular complexity index is 966. The van der Waals surface area contributed by atoms with Gasteiger partial charge in [0.05, 0.1) is 18.6 Å². The van der Waals surface area contributed by atoms with Crippen LogP contribution in [0.4, 0.5) is 5.82 Å². The molecule has 2 aliphatic rings. The number of nitrogen functional groups attached to an aromatic ring is 1. The first-order chi connectivity index (χ1) is 14.3. The molecule has 0 spiro atoms. The van der Waals surface area contributed by atoms with Gasteiger partial charge in [-0.1, -0.05) is 30.3 Å². The van der Waals surface area contributed by atoms with Crippen LogP contribution < -0.4 is 5.73 Å². The van der Waals surface area contributed by atoms with Gasteiger partial charge < -0.3 is 15.0 Å². The number of anilines is 1. The highest BCUT2D eigenvalue weighted by Crippen LogP contribution is 2.36. The minimum Gasteiger partial charge on any atom is -0.383 e. The van der Waals surface area contributed by atoms with Crippen LogP contribution in [0.1, 0.15) is 12.5 Å². The first kappa shape index (κ1) is 18.5. The lowest BCUT2D eigenvalue weighted by molar-refractivity contribution is 0.0343. The molecule has 0 aliphatic carbocycles. The van der Waals surface area contributed by atoms with E-state index in [1.165, 1.54) is 0 Å². The molecule has 7 nitrogen and oxygen atoms in total. The van der Waals surface area contributed by atoms with Gasteiger partial charge >= 0.3 is 0 Å². The summed E-state index contributed by atoms with van der Waals surface area (Å²) in [5.74, 6) is 0.551. The normalized spacial score (nSPS) is 21.2. The smallest absolute Gasteiger partial charge is 0.146 e. The fourth-order valence-electron chi connectivity index (χ4n) is 4.57. The molecule has 1 atom stereocenters. The van der Waals surface area contributed by atoms with E-state index >= 15 is 0 Å². The van der Waals surface area contributed by atoms with Crippen molar-refractivity contribution in [3.05, 3.63) is 42.9 Å². The third kappa shape index (κ3) is 3.73. The number of morpholine rings is 1. The summed E-state index contributed by atoms with van der Waals surface area (Å²) in [5, 5.41) is 0.963. The molecule has 2 saturated heterocycles. The topological polar surface area (TPSA) is 72.4 Å². The number of ether oxygens (including phenoxy) is 1. The van der Waals surface area contributed by atoms with Gasteiger partial charge in [0.15, 0.2) is 0 Å². The molecule has 4 heterocycles. The molecule has 2 aromatic heterocycles. The van der Waals surface area contributed by atoms with E-state index in [1.807, 2.05) is 6.07 Å². The van der Waals surface area contributed by atoms with Crippen LogP contribution in [0.25, 0.3) is 22.2 Å². The molecule has 5 rings (SSSR count). The second-order valence-electron chi connectivity index (χ2n) is 7.97. The average Bonchev–Trinajstić information content (AvgIpc) is 3.39. The fourth-order valence-corrected chi connectivity index (χ4v) is 4.57. The molecular weight excluding hydrogens is 364 g/mol. The van der Waals surface area contributed by atoms with Crippen molar-refractivity contribution in [2.24, 2.45) is 0 Å². The predicted octanol–water partition coefficient (Wildman–Crippen LogP) is 2.26. The van der Waals surface area contributed by atoms with E-state index in [-0.39, 0.29) is 0 Å². The van der Waals surface area contributed by atoms with Crippen LogP contribution >= 0.6 is 0 Å². The number of fused-ring (bicyclic) bond motifs is 1. The van der Waals surface area contributed by atoms with Gasteiger partial charge in [-0.2, -0.15) is 0 Å². The van der Waals surface area contributed by atoms with Crippen molar-refractivity contribution in [1.29, 1.82) is 0 Å². The molecule has 0 bridgehead atoms. The summed E-state index contributed by atoms with van der Waals surface area (Å²) >= 11 is 0. The van der Waals surface area contributed by atoms with E-state index in [0.717, 1.165) is 81.1 Å². The van der Waals surface area contributed by atoms with Crippen LogP contribution in [-0.4, -0.2) is 76.8 Å². The fraction of sp³-hybridized carbons (Fsp3) is 0.455. The van der Waals surface area contributed by atoms with Crippen LogP contribution in [0.3, 0.4) is 0 Å². The van der Waals surface area contributed by atoms with Crippen molar-refractivity contribution in [3.8, 4) is 11.1 Å². The Morgan fingerprint density at radius 1 is 1.00 bits per heavy atom. The number of likely N-dealkylation sites (tertiary alicyclic amines) is 1. The van der Waals surface area contributed by atoms with Crippen molar-refractivity contribution in [2.45, 2.75) is 12.5 Å². The van der Waals surface area contributed by atoms with Gasteiger partial charge in [0.2, 0.25) is 0 Å². The predicted molar refractivity (Wildman–Crippen MR) is 115 cm³/mol. The van der Waals surface area contributed by atoms with Gasteiger partial charge in [0.1, 0.15) is 17.8 Å². The molecule has 2 N–H and O–H groups in total. The third-order valence-corrected chi connectivity index (χ3v) is 6.20. The highest BCUT2D eigenvalue weighted by molar-refractivity contribution is 6.00. The first-order valence-electron chi connectivity index (χ1n) is 10.5. The van der Waals surface area contributed by atoms with Crippen molar-refractivity contribution < 1.29 is 4.74 Å². The van der Waals surface area contributed by atoms with Crippen LogP contribution in [0, 0.1) is 0 Å². The number of benzene rings is 1. The average molecular weight is 393 g/mol. The standard InChI is InChI=1S/C22H28N6O/c23-21-20-19(17-4-2-1-3-5-17)15-28(22(20)25-16-24-21)18-6-7-27(14-18)9-8-26-10-12-29-13-11-26/h1-5,15-16,18H,6-14H2,(H2,23,24,25). The highest BCUT2D eigenvalue weighted by atomic mass is 16.5. The van der Waals surface area contributed by atoms with Crippen molar-refractivity contribution in [3.63, 3.8) is 0 Å². The molecular formula is C22H28N6O. The summed E-state index contributed by atoms with van der Waals surface area (Å²) in [6.45, 7) is 8.22. The van der Waals surface area contributed by atoms with E-state index < -0.39 is 0 Å². The summed E-state index contributed by atoms with van der Waals surface area (Å²) in [6, 6.07) is 10.8. The first-order valence-corrected chi connectivity index (χ1v) is 10.5. The van der Waals surface area contributed by atoms with Gasteiger partial charge in [-0.25, -0.2) is 9.97 Å². The quantitative estimate of drug-likeness (QED) is 0.718. The largest absolute Gasteiger partial charge is 0.383 e. The van der Waals surface area contributed by atoms with Gasteiger partial charge in [-0.05, 0) is 12.0 Å².